The van der Waals surface area contributed by atoms with Crippen molar-refractivity contribution in [2.75, 3.05) is 13.2 Å². The van der Waals surface area contributed by atoms with Crippen molar-refractivity contribution in [3.05, 3.63) is 49.7 Å². The van der Waals surface area contributed by atoms with Gasteiger partial charge in [0.05, 0.1) is 0 Å². The molecule has 0 amide bonds. The van der Waals surface area contributed by atoms with E-state index in [1.54, 1.807) is 0 Å². The van der Waals surface area contributed by atoms with Gasteiger partial charge in [-0.05, 0) is 6.42 Å². The number of unbranched alkanes of at least 4 members (excludes halogenated alkanes) is 4. The number of hydrogen-bond acceptors (Lipinski definition) is 1. The van der Waals surface area contributed by atoms with Crippen molar-refractivity contribution < 1.29 is 103 Å². The van der Waals surface area contributed by atoms with Crippen LogP contribution < -0.4 is 0 Å². The monoisotopic (exact) mass is 616 g/mol. The molecule has 0 unspecified atom stereocenters. The smallest absolute Gasteiger partial charge is 0.0427 e. The van der Waals surface area contributed by atoms with Gasteiger partial charge in [0, 0.05) is 105 Å². The fourth-order valence-corrected chi connectivity index (χ4v) is 1.55. The molecule has 0 spiro atoms. The number of aryl methyl sites for hydroxylation is 1. The van der Waals surface area contributed by atoms with Gasteiger partial charge in [0.1, 0.15) is 0 Å². The maximum atomic E-state index is 4.87. The summed E-state index contributed by atoms with van der Waals surface area (Å²) in [7, 11) is 0. The SMILES string of the molecule is CCCC.CCCc1cc[c-]cc1.[CH2-]CCCCC.[CH2-]COCCC.[Y].[Y].[Y]. The molecule has 0 saturated carbocycles. The van der Waals surface area contributed by atoms with Crippen LogP contribution in [0.5, 0.6) is 0 Å². The molecule has 0 aromatic heterocycles. The molecule has 0 aliphatic carbocycles. The molecule has 28 heavy (non-hydrogen) atoms. The second-order valence-electron chi connectivity index (χ2n) is 5.83. The third kappa shape index (κ3) is 51.3. The molecule has 0 atom stereocenters. The van der Waals surface area contributed by atoms with E-state index in [1.165, 1.54) is 50.5 Å². The van der Waals surface area contributed by atoms with Gasteiger partial charge < -0.3 is 18.6 Å². The largest absolute Gasteiger partial charge is 0.413 e. The molecule has 1 nitrogen and oxygen atoms in total. The fraction of sp³-hybridized carbons (Fsp3) is 0.667. The second-order valence-corrected chi connectivity index (χ2v) is 5.83. The molecule has 0 bridgehead atoms. The van der Waals surface area contributed by atoms with Crippen LogP contribution in [-0.4, -0.2) is 13.2 Å². The molecule has 0 N–H and O–H groups in total. The molecular weight excluding hydrogens is 571 g/mol. The molecule has 159 valence electrons. The van der Waals surface area contributed by atoms with Gasteiger partial charge >= 0.3 is 0 Å². The number of hydrogen-bond donors (Lipinski definition) is 0. The van der Waals surface area contributed by atoms with Gasteiger partial charge in [-0.15, -0.1) is 0 Å². The Labute approximate surface area is 254 Å². The molecule has 4 heteroatoms. The summed E-state index contributed by atoms with van der Waals surface area (Å²) in [4.78, 5) is 0. The molecule has 0 aliphatic rings. The summed E-state index contributed by atoms with van der Waals surface area (Å²) >= 11 is 0. The Morgan fingerprint density at radius 1 is 0.750 bits per heavy atom. The second kappa shape index (κ2) is 47.3. The first-order chi connectivity index (χ1) is 12.2. The normalized spacial score (nSPS) is 7.96. The Morgan fingerprint density at radius 3 is 1.54 bits per heavy atom. The van der Waals surface area contributed by atoms with Crippen molar-refractivity contribution in [2.24, 2.45) is 0 Å². The zero-order valence-corrected chi connectivity index (χ0v) is 28.2. The minimum Gasteiger partial charge on any atom is -0.413 e. The van der Waals surface area contributed by atoms with E-state index in [0.717, 1.165) is 19.4 Å². The van der Waals surface area contributed by atoms with E-state index in [1.807, 2.05) is 12.1 Å². The maximum absolute atomic E-state index is 4.87. The van der Waals surface area contributed by atoms with Crippen LogP contribution in [0, 0.1) is 19.9 Å². The topological polar surface area (TPSA) is 9.23 Å². The Balaban J connectivity index is -0.0000000579. The first-order valence-corrected chi connectivity index (χ1v) is 10.3. The standard InChI is InChI=1S/C9H11.C6H13.C5H11O.C4H10.3Y/c1-2-6-9-7-4-3-5-8-9;2*1-3-5-6-4-2;1-3-4-2;;;/h4-5,7-8H,2,6H2,1H3;1,3-6H2,2H3;2-5H2,1H3;3-4H2,1-2H3;;;/q3*-1;;;;. The Morgan fingerprint density at radius 2 is 1.29 bits per heavy atom. The summed E-state index contributed by atoms with van der Waals surface area (Å²) in [6.07, 6.45) is 11.2. The summed E-state index contributed by atoms with van der Waals surface area (Å²) in [6, 6.07) is 11.1. The minimum atomic E-state index is 0. The Kier molecular flexibility index (Phi) is 74.7. The average Bonchev–Trinajstić information content (AvgIpc) is 2.67. The molecule has 3 radical (unpaired) electrons. The van der Waals surface area contributed by atoms with Crippen molar-refractivity contribution in [3.63, 3.8) is 0 Å². The average molecular weight is 616 g/mol. The van der Waals surface area contributed by atoms with E-state index in [9.17, 15) is 0 Å². The van der Waals surface area contributed by atoms with Crippen molar-refractivity contribution in [3.8, 4) is 0 Å². The molecule has 0 fully saturated rings. The first-order valence-electron chi connectivity index (χ1n) is 10.3. The summed E-state index contributed by atoms with van der Waals surface area (Å²) < 4.78 is 4.87. The van der Waals surface area contributed by atoms with Crippen molar-refractivity contribution in [1.29, 1.82) is 0 Å². The van der Waals surface area contributed by atoms with Gasteiger partial charge in [0.25, 0.3) is 0 Å². The summed E-state index contributed by atoms with van der Waals surface area (Å²) in [6.45, 7) is 19.5. The van der Waals surface area contributed by atoms with Crippen LogP contribution in [0.1, 0.15) is 91.5 Å². The fourth-order valence-electron chi connectivity index (χ4n) is 1.55. The summed E-state index contributed by atoms with van der Waals surface area (Å²) in [5.74, 6) is 0. The number of rotatable bonds is 9. The van der Waals surface area contributed by atoms with Gasteiger partial charge in [-0.3, -0.25) is 0 Å². The van der Waals surface area contributed by atoms with Crippen molar-refractivity contribution in [2.45, 2.75) is 92.4 Å². The Hall–Kier alpha value is 2.49. The van der Waals surface area contributed by atoms with Crippen LogP contribution in [0.2, 0.25) is 0 Å². The summed E-state index contributed by atoms with van der Waals surface area (Å²) in [5.41, 5.74) is 1.41. The minimum absolute atomic E-state index is 0. The quantitative estimate of drug-likeness (QED) is 0.203. The van der Waals surface area contributed by atoms with Crippen molar-refractivity contribution in [1.82, 2.24) is 0 Å². The van der Waals surface area contributed by atoms with Crippen molar-refractivity contribution >= 4 is 0 Å². The first kappa shape index (κ1) is 44.2. The van der Waals surface area contributed by atoms with Crippen LogP contribution in [-0.2, 0) is 109 Å². The molecule has 0 heterocycles. The van der Waals surface area contributed by atoms with E-state index in [2.05, 4.69) is 66.7 Å². The van der Waals surface area contributed by atoms with Crippen LogP contribution in [0.3, 0.4) is 0 Å². The molecule has 0 aliphatic heterocycles. The van der Waals surface area contributed by atoms with Gasteiger partial charge in [0.2, 0.25) is 0 Å². The van der Waals surface area contributed by atoms with Crippen LogP contribution in [0.25, 0.3) is 0 Å². The van der Waals surface area contributed by atoms with Crippen LogP contribution in [0.15, 0.2) is 24.3 Å². The number of benzene rings is 1. The zero-order valence-electron chi connectivity index (χ0n) is 19.6. The van der Waals surface area contributed by atoms with E-state index in [0.29, 0.717) is 6.61 Å². The van der Waals surface area contributed by atoms with Gasteiger partial charge in [-0.25, -0.2) is 0 Å². The predicted molar refractivity (Wildman–Crippen MR) is 116 cm³/mol. The molecule has 1 aromatic rings. The molecule has 1 rings (SSSR count). The van der Waals surface area contributed by atoms with E-state index >= 15 is 0 Å². The summed E-state index contributed by atoms with van der Waals surface area (Å²) in [5, 5.41) is 0. The van der Waals surface area contributed by atoms with E-state index < -0.39 is 0 Å². The zero-order chi connectivity index (χ0) is 19.6. The predicted octanol–water partition coefficient (Wildman–Crippen LogP) is 7.89. The molecule has 0 saturated heterocycles. The van der Waals surface area contributed by atoms with Gasteiger partial charge in [0.15, 0.2) is 0 Å². The number of ether oxygens (including phenoxy) is 1. The van der Waals surface area contributed by atoms with Crippen LogP contribution in [0.4, 0.5) is 0 Å². The third-order valence-corrected chi connectivity index (χ3v) is 3.17. The van der Waals surface area contributed by atoms with Gasteiger partial charge in [-0.2, -0.15) is 42.3 Å². The molecular formula is C24H45OY3-3. The Bertz CT molecular complexity index is 277. The van der Waals surface area contributed by atoms with E-state index in [4.69, 9.17) is 4.74 Å². The van der Waals surface area contributed by atoms with Gasteiger partial charge in [-0.1, -0.05) is 86.2 Å². The van der Waals surface area contributed by atoms with Crippen LogP contribution >= 0.6 is 0 Å². The third-order valence-electron chi connectivity index (χ3n) is 3.17. The maximum Gasteiger partial charge on any atom is 0.0427 e. The van der Waals surface area contributed by atoms with E-state index in [-0.39, 0.29) is 98.1 Å². The molecule has 1 aromatic carbocycles.